The van der Waals surface area contributed by atoms with Crippen molar-refractivity contribution in [2.45, 2.75) is 39.2 Å². The smallest absolute Gasteiger partial charge is 0.412 e. The van der Waals surface area contributed by atoms with Gasteiger partial charge in [0.2, 0.25) is 0 Å². The monoisotopic (exact) mass is 345 g/mol. The number of Topliss-reactive ketones (excluding diaryl/α,β-unsaturated/α-hetero) is 1. The molecule has 6 heteroatoms. The molecular formula is C19H23NO5. The number of esters is 1. The number of carbonyl (C=O) groups is 3. The molecule has 2 rings (SSSR count). The molecule has 1 aromatic carbocycles. The third-order valence-corrected chi connectivity index (χ3v) is 4.31. The van der Waals surface area contributed by atoms with E-state index >= 15 is 0 Å². The van der Waals surface area contributed by atoms with Crippen LogP contribution in [0.3, 0.4) is 0 Å². The zero-order valence-corrected chi connectivity index (χ0v) is 14.5. The molecule has 0 aromatic heterocycles. The minimum Gasteiger partial charge on any atom is -0.465 e. The molecule has 6 nitrogen and oxygen atoms in total. The molecule has 0 aliphatic heterocycles. The number of allylic oxidation sites excluding steroid dienone is 1. The molecule has 0 heterocycles. The minimum absolute atomic E-state index is 0.165. The number of alkyl carbamates (subject to hydrolysis) is 1. The number of nitrogens with one attached hydrogen (secondary N) is 1. The topological polar surface area (TPSA) is 81.7 Å². The minimum atomic E-state index is -1.42. The molecule has 2 atom stereocenters. The first kappa shape index (κ1) is 18.7. The molecule has 1 fully saturated rings. The maximum Gasteiger partial charge on any atom is 0.412 e. The van der Waals surface area contributed by atoms with Crippen LogP contribution in [-0.4, -0.2) is 24.5 Å². The van der Waals surface area contributed by atoms with Crippen molar-refractivity contribution < 1.29 is 23.9 Å². The van der Waals surface area contributed by atoms with Crippen LogP contribution in [0.4, 0.5) is 4.79 Å². The van der Waals surface area contributed by atoms with Crippen LogP contribution in [0, 0.1) is 5.41 Å². The first-order chi connectivity index (χ1) is 12.1. The van der Waals surface area contributed by atoms with Gasteiger partial charge in [0.1, 0.15) is 0 Å². The zero-order chi connectivity index (χ0) is 18.3. The molecule has 1 N–H and O–H groups in total. The quantitative estimate of drug-likeness (QED) is 0.486. The number of carbonyl (C=O) groups excluding carboxylic acids is 3. The summed E-state index contributed by atoms with van der Waals surface area (Å²) in [5, 5.41) is 2.69. The number of hydrogen-bond donors (Lipinski definition) is 1. The van der Waals surface area contributed by atoms with Crippen LogP contribution < -0.4 is 5.32 Å². The Morgan fingerprint density at radius 2 is 2.04 bits per heavy atom. The van der Waals surface area contributed by atoms with Gasteiger partial charge in [-0.2, -0.15) is 0 Å². The fourth-order valence-corrected chi connectivity index (χ4v) is 3.21. The standard InChI is InChI=1S/C19H23NO5/c1-3-13-25-18(23)20-16(14-9-6-5-7-10-14)19(17(22)24-4-2)12-8-11-15(19)21/h3,5-7,9-10,13,16H,4,8,11-12H2,1-2H3,(H,20,23)/b13-3+/t16?,19-/m1/s1. The highest BCUT2D eigenvalue weighted by atomic mass is 16.5. The molecule has 25 heavy (non-hydrogen) atoms. The van der Waals surface area contributed by atoms with E-state index in [2.05, 4.69) is 5.32 Å². The highest BCUT2D eigenvalue weighted by Crippen LogP contribution is 2.46. The highest BCUT2D eigenvalue weighted by molar-refractivity contribution is 6.06. The SMILES string of the molecule is C/C=C/OC(=O)NC(c1ccccc1)[C@@]1(C(=O)OCC)CCCC1=O. The van der Waals surface area contributed by atoms with Gasteiger partial charge in [-0.15, -0.1) is 0 Å². The van der Waals surface area contributed by atoms with Gasteiger partial charge < -0.3 is 14.8 Å². The Labute approximate surface area is 147 Å². The second kappa shape index (κ2) is 8.46. The van der Waals surface area contributed by atoms with E-state index in [4.69, 9.17) is 9.47 Å². The maximum absolute atomic E-state index is 12.7. The number of hydrogen-bond acceptors (Lipinski definition) is 5. The number of benzene rings is 1. The van der Waals surface area contributed by atoms with E-state index in [1.165, 1.54) is 6.26 Å². The second-order valence-electron chi connectivity index (χ2n) is 5.83. The van der Waals surface area contributed by atoms with Crippen molar-refractivity contribution in [3.63, 3.8) is 0 Å². The van der Waals surface area contributed by atoms with Crippen LogP contribution in [0.1, 0.15) is 44.7 Å². The largest absolute Gasteiger partial charge is 0.465 e. The van der Waals surface area contributed by atoms with Crippen molar-refractivity contribution in [2.75, 3.05) is 6.61 Å². The van der Waals surface area contributed by atoms with Crippen molar-refractivity contribution >= 4 is 17.8 Å². The predicted molar refractivity (Wildman–Crippen MR) is 91.5 cm³/mol. The summed E-state index contributed by atoms with van der Waals surface area (Å²) in [5.74, 6) is -0.816. The van der Waals surface area contributed by atoms with E-state index in [9.17, 15) is 14.4 Å². The van der Waals surface area contributed by atoms with E-state index < -0.39 is 23.5 Å². The molecule has 1 unspecified atom stereocenters. The first-order valence-corrected chi connectivity index (χ1v) is 8.40. The fraction of sp³-hybridized carbons (Fsp3) is 0.421. The fourth-order valence-electron chi connectivity index (χ4n) is 3.21. The van der Waals surface area contributed by atoms with Gasteiger partial charge in [0.25, 0.3) is 0 Å². The first-order valence-electron chi connectivity index (χ1n) is 8.40. The van der Waals surface area contributed by atoms with Crippen molar-refractivity contribution in [1.29, 1.82) is 0 Å². The van der Waals surface area contributed by atoms with Crippen molar-refractivity contribution in [2.24, 2.45) is 5.41 Å². The van der Waals surface area contributed by atoms with Gasteiger partial charge in [-0.1, -0.05) is 36.4 Å². The van der Waals surface area contributed by atoms with Crippen LogP contribution in [0.15, 0.2) is 42.7 Å². The van der Waals surface area contributed by atoms with Gasteiger partial charge in [-0.05, 0) is 32.3 Å². The maximum atomic E-state index is 12.7. The van der Waals surface area contributed by atoms with Crippen LogP contribution in [0.25, 0.3) is 0 Å². The van der Waals surface area contributed by atoms with E-state index in [1.807, 2.05) is 6.07 Å². The molecule has 1 saturated carbocycles. The lowest BCUT2D eigenvalue weighted by atomic mass is 9.74. The lowest BCUT2D eigenvalue weighted by Crippen LogP contribution is -2.49. The number of ketones is 1. The van der Waals surface area contributed by atoms with Gasteiger partial charge in [0, 0.05) is 6.42 Å². The third kappa shape index (κ3) is 3.90. The van der Waals surface area contributed by atoms with Gasteiger partial charge in [-0.3, -0.25) is 9.59 Å². The molecule has 0 bridgehead atoms. The number of amides is 1. The second-order valence-corrected chi connectivity index (χ2v) is 5.83. The van der Waals surface area contributed by atoms with Crippen molar-refractivity contribution in [1.82, 2.24) is 5.32 Å². The van der Waals surface area contributed by atoms with E-state index in [0.717, 1.165) is 0 Å². The molecule has 1 aliphatic carbocycles. The van der Waals surface area contributed by atoms with Crippen LogP contribution >= 0.6 is 0 Å². The summed E-state index contributed by atoms with van der Waals surface area (Å²) in [5.41, 5.74) is -0.769. The normalized spacial score (nSPS) is 21.1. The molecule has 0 saturated heterocycles. The van der Waals surface area contributed by atoms with Crippen LogP contribution in [0.5, 0.6) is 0 Å². The molecule has 0 spiro atoms. The summed E-state index contributed by atoms with van der Waals surface area (Å²) in [7, 11) is 0. The Morgan fingerprint density at radius 3 is 2.60 bits per heavy atom. The number of ether oxygens (including phenoxy) is 2. The van der Waals surface area contributed by atoms with Crippen LogP contribution in [0.2, 0.25) is 0 Å². The Hall–Kier alpha value is -2.63. The van der Waals surface area contributed by atoms with E-state index in [-0.39, 0.29) is 18.8 Å². The Kier molecular flexibility index (Phi) is 6.33. The summed E-state index contributed by atoms with van der Waals surface area (Å²) in [6, 6.07) is 8.10. The lowest BCUT2D eigenvalue weighted by molar-refractivity contribution is -0.161. The molecule has 1 aromatic rings. The van der Waals surface area contributed by atoms with Crippen molar-refractivity contribution in [3.8, 4) is 0 Å². The Bertz CT molecular complexity index is 655. The zero-order valence-electron chi connectivity index (χ0n) is 14.5. The van der Waals surface area contributed by atoms with Gasteiger partial charge in [0.05, 0.1) is 18.9 Å². The summed E-state index contributed by atoms with van der Waals surface area (Å²) < 4.78 is 10.1. The lowest BCUT2D eigenvalue weighted by Gasteiger charge is -2.34. The van der Waals surface area contributed by atoms with Gasteiger partial charge in [0.15, 0.2) is 11.2 Å². The van der Waals surface area contributed by atoms with E-state index in [0.29, 0.717) is 18.4 Å². The summed E-state index contributed by atoms with van der Waals surface area (Å²) in [6.07, 6.45) is 3.27. The summed E-state index contributed by atoms with van der Waals surface area (Å²) >= 11 is 0. The predicted octanol–water partition coefficient (Wildman–Crippen LogP) is 3.29. The summed E-state index contributed by atoms with van der Waals surface area (Å²) in [6.45, 7) is 3.57. The Balaban J connectivity index is 2.45. The summed E-state index contributed by atoms with van der Waals surface area (Å²) in [4.78, 5) is 37.6. The average molecular weight is 345 g/mol. The van der Waals surface area contributed by atoms with Crippen LogP contribution in [-0.2, 0) is 19.1 Å². The molecule has 1 aliphatic rings. The molecular weight excluding hydrogens is 322 g/mol. The van der Waals surface area contributed by atoms with Crippen molar-refractivity contribution in [3.05, 3.63) is 48.2 Å². The molecule has 1 amide bonds. The third-order valence-electron chi connectivity index (χ3n) is 4.31. The molecule has 134 valence electrons. The van der Waals surface area contributed by atoms with Gasteiger partial charge in [-0.25, -0.2) is 4.79 Å². The highest BCUT2D eigenvalue weighted by Gasteiger charge is 2.56. The van der Waals surface area contributed by atoms with Gasteiger partial charge >= 0.3 is 12.1 Å². The average Bonchev–Trinajstić information content (AvgIpc) is 3.01. The van der Waals surface area contributed by atoms with E-state index in [1.54, 1.807) is 44.2 Å². The molecule has 0 radical (unpaired) electrons. The Morgan fingerprint density at radius 1 is 1.32 bits per heavy atom. The number of rotatable bonds is 6.